The van der Waals surface area contributed by atoms with E-state index >= 15 is 0 Å². The molecule has 0 radical (unpaired) electrons. The van der Waals surface area contributed by atoms with Crippen molar-refractivity contribution in [1.29, 1.82) is 0 Å². The minimum atomic E-state index is -0.386. The van der Waals surface area contributed by atoms with Crippen molar-refractivity contribution in [1.82, 2.24) is 20.5 Å². The highest BCUT2D eigenvalue weighted by molar-refractivity contribution is 5.89. The van der Waals surface area contributed by atoms with Gasteiger partial charge in [0, 0.05) is 18.9 Å². The van der Waals surface area contributed by atoms with Crippen molar-refractivity contribution in [3.63, 3.8) is 0 Å². The lowest BCUT2D eigenvalue weighted by atomic mass is 10.2. The molecule has 0 saturated heterocycles. The Bertz CT molecular complexity index is 741. The van der Waals surface area contributed by atoms with Crippen LogP contribution in [0.25, 0.3) is 0 Å². The number of hydrogen-bond acceptors (Lipinski definition) is 5. The Morgan fingerprint density at radius 2 is 1.77 bits per heavy atom. The zero-order valence-corrected chi connectivity index (χ0v) is 11.8. The molecule has 3 aromatic rings. The van der Waals surface area contributed by atoms with Crippen LogP contribution in [0.4, 0.5) is 0 Å². The first-order chi connectivity index (χ1) is 10.8. The molecule has 0 fully saturated rings. The standard InChI is InChI=1S/C16H14N4O2/c21-15(18-11-13-6-8-17-9-7-13)16-20-19-14(22-16)10-12-4-2-1-3-5-12/h1-9H,10-11H2,(H,18,21). The van der Waals surface area contributed by atoms with E-state index in [2.05, 4.69) is 20.5 Å². The summed E-state index contributed by atoms with van der Waals surface area (Å²) in [5.74, 6) is 0.00359. The molecule has 2 aromatic heterocycles. The Hall–Kier alpha value is -3.02. The number of hydrogen-bond donors (Lipinski definition) is 1. The molecule has 22 heavy (non-hydrogen) atoms. The molecule has 3 rings (SSSR count). The number of nitrogens with zero attached hydrogens (tertiary/aromatic N) is 3. The Labute approximate surface area is 127 Å². The van der Waals surface area contributed by atoms with Gasteiger partial charge in [-0.05, 0) is 23.3 Å². The summed E-state index contributed by atoms with van der Waals surface area (Å²) in [6.45, 7) is 0.387. The Morgan fingerprint density at radius 1 is 1.00 bits per heavy atom. The molecule has 0 aliphatic rings. The lowest BCUT2D eigenvalue weighted by Gasteiger charge is -2.01. The first kappa shape index (κ1) is 13.9. The molecule has 0 unspecified atom stereocenters. The van der Waals surface area contributed by atoms with Crippen LogP contribution in [0.1, 0.15) is 27.7 Å². The third-order valence-corrected chi connectivity index (χ3v) is 3.06. The van der Waals surface area contributed by atoms with Gasteiger partial charge in [-0.1, -0.05) is 30.3 Å². The van der Waals surface area contributed by atoms with E-state index in [1.807, 2.05) is 42.5 Å². The molecular formula is C16H14N4O2. The Balaban J connectivity index is 1.60. The second-order valence-corrected chi connectivity index (χ2v) is 4.70. The van der Waals surface area contributed by atoms with Gasteiger partial charge in [-0.2, -0.15) is 0 Å². The highest BCUT2D eigenvalue weighted by Crippen LogP contribution is 2.08. The maximum Gasteiger partial charge on any atom is 0.309 e. The molecule has 1 amide bonds. The third-order valence-electron chi connectivity index (χ3n) is 3.06. The highest BCUT2D eigenvalue weighted by Gasteiger charge is 2.14. The summed E-state index contributed by atoms with van der Waals surface area (Å²) in [7, 11) is 0. The van der Waals surface area contributed by atoms with Crippen molar-refractivity contribution in [2.24, 2.45) is 0 Å². The number of amides is 1. The van der Waals surface area contributed by atoms with Crippen LogP contribution >= 0.6 is 0 Å². The number of rotatable bonds is 5. The minimum absolute atomic E-state index is 0.0278. The van der Waals surface area contributed by atoms with Crippen molar-refractivity contribution >= 4 is 5.91 Å². The summed E-state index contributed by atoms with van der Waals surface area (Å²) in [4.78, 5) is 15.9. The van der Waals surface area contributed by atoms with Crippen molar-refractivity contribution in [3.8, 4) is 0 Å². The third kappa shape index (κ3) is 3.54. The van der Waals surface area contributed by atoms with Crippen LogP contribution in [0.5, 0.6) is 0 Å². The fraction of sp³-hybridized carbons (Fsp3) is 0.125. The van der Waals surface area contributed by atoms with E-state index in [0.29, 0.717) is 18.9 Å². The maximum atomic E-state index is 12.0. The highest BCUT2D eigenvalue weighted by atomic mass is 16.4. The number of carbonyl (C=O) groups excluding carboxylic acids is 1. The van der Waals surface area contributed by atoms with Gasteiger partial charge in [0.15, 0.2) is 0 Å². The number of carbonyl (C=O) groups is 1. The molecule has 0 atom stereocenters. The molecular weight excluding hydrogens is 280 g/mol. The van der Waals surface area contributed by atoms with Gasteiger partial charge < -0.3 is 9.73 Å². The van der Waals surface area contributed by atoms with E-state index in [9.17, 15) is 4.79 Å². The van der Waals surface area contributed by atoms with Gasteiger partial charge in [0.1, 0.15) is 0 Å². The van der Waals surface area contributed by atoms with E-state index < -0.39 is 0 Å². The molecule has 0 saturated carbocycles. The molecule has 0 spiro atoms. The average Bonchev–Trinajstić information content (AvgIpc) is 3.03. The Kier molecular flexibility index (Phi) is 4.20. The lowest BCUT2D eigenvalue weighted by Crippen LogP contribution is -2.23. The van der Waals surface area contributed by atoms with Crippen LogP contribution in [0, 0.1) is 0 Å². The molecule has 1 aromatic carbocycles. The van der Waals surface area contributed by atoms with Crippen LogP contribution in [-0.2, 0) is 13.0 Å². The molecule has 1 N–H and O–H groups in total. The molecule has 6 heteroatoms. The fourth-order valence-corrected chi connectivity index (χ4v) is 1.95. The second-order valence-electron chi connectivity index (χ2n) is 4.70. The van der Waals surface area contributed by atoms with Crippen LogP contribution < -0.4 is 5.32 Å². The van der Waals surface area contributed by atoms with E-state index in [-0.39, 0.29) is 11.8 Å². The van der Waals surface area contributed by atoms with Crippen LogP contribution in [0.3, 0.4) is 0 Å². The Morgan fingerprint density at radius 3 is 2.55 bits per heavy atom. The summed E-state index contributed by atoms with van der Waals surface area (Å²) < 4.78 is 5.39. The minimum Gasteiger partial charge on any atom is -0.417 e. The van der Waals surface area contributed by atoms with Crippen LogP contribution in [0.2, 0.25) is 0 Å². The van der Waals surface area contributed by atoms with E-state index in [1.54, 1.807) is 12.4 Å². The van der Waals surface area contributed by atoms with Gasteiger partial charge in [-0.25, -0.2) is 0 Å². The van der Waals surface area contributed by atoms with Gasteiger partial charge in [-0.15, -0.1) is 10.2 Å². The zero-order valence-electron chi connectivity index (χ0n) is 11.8. The van der Waals surface area contributed by atoms with E-state index in [4.69, 9.17) is 4.42 Å². The normalized spacial score (nSPS) is 10.4. The lowest BCUT2D eigenvalue weighted by molar-refractivity contribution is 0.0914. The molecule has 110 valence electrons. The first-order valence-electron chi connectivity index (χ1n) is 6.84. The van der Waals surface area contributed by atoms with Crippen LogP contribution in [0.15, 0.2) is 59.3 Å². The molecule has 0 bridgehead atoms. The van der Waals surface area contributed by atoms with Gasteiger partial charge in [0.05, 0.1) is 6.42 Å². The molecule has 6 nitrogen and oxygen atoms in total. The van der Waals surface area contributed by atoms with Crippen molar-refractivity contribution in [2.75, 3.05) is 0 Å². The predicted octanol–water partition coefficient (Wildman–Crippen LogP) is 1.99. The van der Waals surface area contributed by atoms with E-state index in [0.717, 1.165) is 11.1 Å². The second kappa shape index (κ2) is 6.62. The smallest absolute Gasteiger partial charge is 0.309 e. The summed E-state index contributed by atoms with van der Waals surface area (Å²) in [6.07, 6.45) is 3.85. The van der Waals surface area contributed by atoms with Gasteiger partial charge in [-0.3, -0.25) is 9.78 Å². The number of aromatic nitrogens is 3. The topological polar surface area (TPSA) is 80.9 Å². The molecule has 0 aliphatic heterocycles. The number of pyridine rings is 1. The largest absolute Gasteiger partial charge is 0.417 e. The molecule has 0 aliphatic carbocycles. The summed E-state index contributed by atoms with van der Waals surface area (Å²) in [5.41, 5.74) is 2.00. The maximum absolute atomic E-state index is 12.0. The summed E-state index contributed by atoms with van der Waals surface area (Å²) >= 11 is 0. The number of nitrogens with one attached hydrogen (secondary N) is 1. The van der Waals surface area contributed by atoms with Crippen molar-refractivity contribution < 1.29 is 9.21 Å². The van der Waals surface area contributed by atoms with Gasteiger partial charge in [0.25, 0.3) is 0 Å². The zero-order chi connectivity index (χ0) is 15.2. The quantitative estimate of drug-likeness (QED) is 0.778. The van der Waals surface area contributed by atoms with E-state index in [1.165, 1.54) is 0 Å². The fourth-order valence-electron chi connectivity index (χ4n) is 1.95. The predicted molar refractivity (Wildman–Crippen MR) is 79.0 cm³/mol. The monoisotopic (exact) mass is 294 g/mol. The SMILES string of the molecule is O=C(NCc1ccncc1)c1nnc(Cc2ccccc2)o1. The summed E-state index contributed by atoms with van der Waals surface area (Å²) in [6, 6.07) is 13.4. The number of benzene rings is 1. The molecule has 2 heterocycles. The summed E-state index contributed by atoms with van der Waals surface area (Å²) in [5, 5.41) is 10.4. The van der Waals surface area contributed by atoms with Crippen molar-refractivity contribution in [3.05, 3.63) is 77.8 Å². The van der Waals surface area contributed by atoms with Gasteiger partial charge >= 0.3 is 11.8 Å². The van der Waals surface area contributed by atoms with Gasteiger partial charge in [0.2, 0.25) is 5.89 Å². The van der Waals surface area contributed by atoms with Crippen LogP contribution in [-0.4, -0.2) is 21.1 Å². The average molecular weight is 294 g/mol. The first-order valence-corrected chi connectivity index (χ1v) is 6.84. The van der Waals surface area contributed by atoms with Crippen molar-refractivity contribution in [2.45, 2.75) is 13.0 Å².